The maximum absolute atomic E-state index is 3.59. The Morgan fingerprint density at radius 1 is 0.882 bits per heavy atom. The van der Waals surface area contributed by atoms with E-state index < -0.39 is 0 Å². The fourth-order valence-electron chi connectivity index (χ4n) is 2.13. The molecule has 0 aliphatic heterocycles. The van der Waals surface area contributed by atoms with Gasteiger partial charge >= 0.3 is 0 Å². The highest BCUT2D eigenvalue weighted by Gasteiger charge is 2.10. The molecule has 2 aromatic rings. The van der Waals surface area contributed by atoms with E-state index in [0.29, 0.717) is 0 Å². The fourth-order valence-corrected chi connectivity index (χ4v) is 3.01. The minimum Gasteiger partial charge on any atom is -0.0876 e. The van der Waals surface area contributed by atoms with Crippen LogP contribution in [0.5, 0.6) is 0 Å². The van der Waals surface area contributed by atoms with Crippen molar-refractivity contribution >= 4 is 31.9 Å². The second-order valence-corrected chi connectivity index (χ2v) is 5.21. The van der Waals surface area contributed by atoms with Crippen LogP contribution in [-0.4, -0.2) is 0 Å². The number of rotatable bonds is 3. The molecule has 0 atom stereocenters. The van der Waals surface area contributed by atoms with Crippen molar-refractivity contribution in [2.75, 3.05) is 0 Å². The molecule has 0 bridgehead atoms. The first kappa shape index (κ1) is 12.8. The number of alkyl halides is 2. The van der Waals surface area contributed by atoms with E-state index in [1.165, 1.54) is 27.8 Å². The largest absolute Gasteiger partial charge is 0.0876 e. The summed E-state index contributed by atoms with van der Waals surface area (Å²) in [6.45, 7) is 2.15. The fraction of sp³-hybridized carbons (Fsp3) is 0.200. The van der Waals surface area contributed by atoms with Crippen LogP contribution in [0.15, 0.2) is 42.5 Å². The van der Waals surface area contributed by atoms with Crippen LogP contribution in [0.2, 0.25) is 0 Å². The molecular weight excluding hydrogens is 340 g/mol. The summed E-state index contributed by atoms with van der Waals surface area (Å²) in [7, 11) is 0. The van der Waals surface area contributed by atoms with E-state index in [0.717, 1.165) is 10.7 Å². The molecule has 2 rings (SSSR count). The number of aryl methyl sites for hydroxylation is 1. The lowest BCUT2D eigenvalue weighted by atomic mass is 9.94. The zero-order valence-electron chi connectivity index (χ0n) is 9.71. The summed E-state index contributed by atoms with van der Waals surface area (Å²) in [6, 6.07) is 15.1. The first-order chi connectivity index (χ1) is 8.26. The number of hydrogen-bond acceptors (Lipinski definition) is 0. The van der Waals surface area contributed by atoms with Crippen molar-refractivity contribution in [1.29, 1.82) is 0 Å². The maximum Gasteiger partial charge on any atom is 0.0289 e. The smallest absolute Gasteiger partial charge is 0.0289 e. The quantitative estimate of drug-likeness (QED) is 0.643. The van der Waals surface area contributed by atoms with Gasteiger partial charge in [-0.05, 0) is 29.2 Å². The summed E-state index contributed by atoms with van der Waals surface area (Å²) in [6.07, 6.45) is 0. The van der Waals surface area contributed by atoms with Gasteiger partial charge < -0.3 is 0 Å². The molecule has 17 heavy (non-hydrogen) atoms. The highest BCUT2D eigenvalue weighted by Crippen LogP contribution is 2.31. The summed E-state index contributed by atoms with van der Waals surface area (Å²) in [5, 5.41) is 1.78. The van der Waals surface area contributed by atoms with Crippen LogP contribution in [-0.2, 0) is 10.7 Å². The molecule has 0 saturated heterocycles. The standard InChI is InChI=1S/C15H14Br2/c1-11-7-13(9-16)15(14(8-11)10-17)12-5-3-2-4-6-12/h2-8H,9-10H2,1H3. The summed E-state index contributed by atoms with van der Waals surface area (Å²) in [5.41, 5.74) is 6.66. The van der Waals surface area contributed by atoms with Crippen molar-refractivity contribution in [3.63, 3.8) is 0 Å². The van der Waals surface area contributed by atoms with E-state index in [1.807, 2.05) is 0 Å². The molecule has 0 heterocycles. The minimum atomic E-state index is 0.888. The zero-order valence-corrected chi connectivity index (χ0v) is 12.9. The van der Waals surface area contributed by atoms with Gasteiger partial charge in [0.05, 0.1) is 0 Å². The Morgan fingerprint density at radius 2 is 1.41 bits per heavy atom. The summed E-state index contributed by atoms with van der Waals surface area (Å²) in [5.74, 6) is 0. The third-order valence-electron chi connectivity index (χ3n) is 2.80. The Labute approximate surface area is 119 Å². The third kappa shape index (κ3) is 2.80. The van der Waals surface area contributed by atoms with Crippen molar-refractivity contribution in [3.05, 3.63) is 59.2 Å². The van der Waals surface area contributed by atoms with Crippen molar-refractivity contribution in [2.24, 2.45) is 0 Å². The molecule has 0 unspecified atom stereocenters. The highest BCUT2D eigenvalue weighted by molar-refractivity contribution is 9.08. The van der Waals surface area contributed by atoms with E-state index in [4.69, 9.17) is 0 Å². The van der Waals surface area contributed by atoms with Crippen LogP contribution in [0.1, 0.15) is 16.7 Å². The van der Waals surface area contributed by atoms with Gasteiger partial charge in [-0.25, -0.2) is 0 Å². The van der Waals surface area contributed by atoms with E-state index in [-0.39, 0.29) is 0 Å². The second kappa shape index (κ2) is 5.83. The molecule has 0 radical (unpaired) electrons. The van der Waals surface area contributed by atoms with Gasteiger partial charge in [-0.2, -0.15) is 0 Å². The normalized spacial score (nSPS) is 10.5. The van der Waals surface area contributed by atoms with Gasteiger partial charge in [0.2, 0.25) is 0 Å². The van der Waals surface area contributed by atoms with Crippen LogP contribution >= 0.6 is 31.9 Å². The Balaban J connectivity index is 2.66. The number of benzene rings is 2. The molecule has 0 N–H and O–H groups in total. The highest BCUT2D eigenvalue weighted by atomic mass is 79.9. The van der Waals surface area contributed by atoms with Gasteiger partial charge in [-0.3, -0.25) is 0 Å². The van der Waals surface area contributed by atoms with Gasteiger partial charge in [0.25, 0.3) is 0 Å². The zero-order chi connectivity index (χ0) is 12.3. The predicted octanol–water partition coefficient (Wildman–Crippen LogP) is 5.45. The van der Waals surface area contributed by atoms with Gasteiger partial charge in [-0.1, -0.05) is 79.9 Å². The van der Waals surface area contributed by atoms with Gasteiger partial charge in [0.15, 0.2) is 0 Å². The molecule has 2 heteroatoms. The number of hydrogen-bond donors (Lipinski definition) is 0. The molecule has 2 aromatic carbocycles. The molecule has 0 fully saturated rings. The van der Waals surface area contributed by atoms with Gasteiger partial charge in [-0.15, -0.1) is 0 Å². The van der Waals surface area contributed by atoms with Crippen LogP contribution in [0.3, 0.4) is 0 Å². The van der Waals surface area contributed by atoms with Crippen LogP contribution in [0, 0.1) is 6.92 Å². The lowest BCUT2D eigenvalue weighted by Gasteiger charge is -2.14. The monoisotopic (exact) mass is 352 g/mol. The summed E-state index contributed by atoms with van der Waals surface area (Å²) in [4.78, 5) is 0. The molecule has 0 saturated carbocycles. The molecule has 0 aromatic heterocycles. The third-order valence-corrected chi connectivity index (χ3v) is 4.00. The molecule has 0 spiro atoms. The molecule has 0 amide bonds. The molecule has 0 aliphatic rings. The first-order valence-corrected chi connectivity index (χ1v) is 7.80. The Hall–Kier alpha value is -0.600. The van der Waals surface area contributed by atoms with Crippen molar-refractivity contribution < 1.29 is 0 Å². The van der Waals surface area contributed by atoms with Crippen LogP contribution < -0.4 is 0 Å². The van der Waals surface area contributed by atoms with E-state index in [1.54, 1.807) is 0 Å². The van der Waals surface area contributed by atoms with Crippen molar-refractivity contribution in [2.45, 2.75) is 17.6 Å². The maximum atomic E-state index is 3.59. The van der Waals surface area contributed by atoms with Gasteiger partial charge in [0.1, 0.15) is 0 Å². The summed E-state index contributed by atoms with van der Waals surface area (Å²) >= 11 is 7.18. The van der Waals surface area contributed by atoms with Crippen molar-refractivity contribution in [1.82, 2.24) is 0 Å². The summed E-state index contributed by atoms with van der Waals surface area (Å²) < 4.78 is 0. The molecular formula is C15H14Br2. The van der Waals surface area contributed by atoms with Crippen LogP contribution in [0.4, 0.5) is 0 Å². The SMILES string of the molecule is Cc1cc(CBr)c(-c2ccccc2)c(CBr)c1. The number of halogens is 2. The lowest BCUT2D eigenvalue weighted by Crippen LogP contribution is -1.94. The average Bonchev–Trinajstić information content (AvgIpc) is 2.38. The second-order valence-electron chi connectivity index (χ2n) is 4.09. The average molecular weight is 354 g/mol. The Morgan fingerprint density at radius 3 is 1.88 bits per heavy atom. The van der Waals surface area contributed by atoms with E-state index in [2.05, 4.69) is 81.2 Å². The molecule has 88 valence electrons. The lowest BCUT2D eigenvalue weighted by molar-refractivity contribution is 1.30. The van der Waals surface area contributed by atoms with E-state index >= 15 is 0 Å². The minimum absolute atomic E-state index is 0.888. The topological polar surface area (TPSA) is 0 Å². The Bertz CT molecular complexity index is 479. The molecule has 0 aliphatic carbocycles. The van der Waals surface area contributed by atoms with E-state index in [9.17, 15) is 0 Å². The molecule has 0 nitrogen and oxygen atoms in total. The van der Waals surface area contributed by atoms with Crippen LogP contribution in [0.25, 0.3) is 11.1 Å². The predicted molar refractivity (Wildman–Crippen MR) is 81.9 cm³/mol. The van der Waals surface area contributed by atoms with Crippen molar-refractivity contribution in [3.8, 4) is 11.1 Å². The first-order valence-electron chi connectivity index (χ1n) is 5.56. The van der Waals surface area contributed by atoms with Gasteiger partial charge in [0, 0.05) is 10.7 Å². The Kier molecular flexibility index (Phi) is 4.41.